The second-order valence-electron chi connectivity index (χ2n) is 7.01. The van der Waals surface area contributed by atoms with Crippen molar-refractivity contribution in [3.05, 3.63) is 76.2 Å². The summed E-state index contributed by atoms with van der Waals surface area (Å²) in [6, 6.07) is 13.5. The number of carbonyl (C=O) groups is 2. The molecule has 4 rings (SSSR count). The first kappa shape index (κ1) is 19.8. The lowest BCUT2D eigenvalue weighted by Crippen LogP contribution is -2.43. The smallest absolute Gasteiger partial charge is 0.338 e. The number of rotatable bonds is 4. The fourth-order valence-corrected chi connectivity index (χ4v) is 3.87. The Kier molecular flexibility index (Phi) is 5.79. The van der Waals surface area contributed by atoms with E-state index in [1.54, 1.807) is 48.5 Å². The molecule has 0 spiro atoms. The molecule has 3 unspecified atom stereocenters. The quantitative estimate of drug-likeness (QED) is 0.620. The number of halogens is 2. The van der Waals surface area contributed by atoms with Gasteiger partial charge in [-0.25, -0.2) is 4.79 Å². The van der Waals surface area contributed by atoms with Gasteiger partial charge in [0.2, 0.25) is 11.5 Å². The van der Waals surface area contributed by atoms with E-state index >= 15 is 0 Å². The SMILES string of the molecule is O=C(OC1CCC2C(=O)C(Oc3ccccc3Cl)=COC2C1)c1ccc(Cl)cc1. The van der Waals surface area contributed by atoms with Crippen molar-refractivity contribution in [1.82, 2.24) is 0 Å². The monoisotopic (exact) mass is 432 g/mol. The topological polar surface area (TPSA) is 61.8 Å². The highest BCUT2D eigenvalue weighted by molar-refractivity contribution is 6.32. The summed E-state index contributed by atoms with van der Waals surface area (Å²) in [6.45, 7) is 0. The highest BCUT2D eigenvalue weighted by Gasteiger charge is 2.42. The number of ether oxygens (including phenoxy) is 3. The maximum Gasteiger partial charge on any atom is 0.338 e. The Morgan fingerprint density at radius 1 is 1.03 bits per heavy atom. The minimum absolute atomic E-state index is 0.122. The van der Waals surface area contributed by atoms with Gasteiger partial charge < -0.3 is 14.2 Å². The zero-order valence-corrected chi connectivity index (χ0v) is 16.9. The van der Waals surface area contributed by atoms with E-state index in [2.05, 4.69) is 0 Å². The zero-order valence-electron chi connectivity index (χ0n) is 15.3. The molecule has 150 valence electrons. The highest BCUT2D eigenvalue weighted by Crippen LogP contribution is 2.36. The summed E-state index contributed by atoms with van der Waals surface area (Å²) in [5, 5.41) is 0.971. The lowest BCUT2D eigenvalue weighted by Gasteiger charge is -2.36. The van der Waals surface area contributed by atoms with Gasteiger partial charge in [-0.3, -0.25) is 4.79 Å². The molecule has 29 heavy (non-hydrogen) atoms. The molecule has 7 heteroatoms. The summed E-state index contributed by atoms with van der Waals surface area (Å²) >= 11 is 11.9. The van der Waals surface area contributed by atoms with E-state index in [0.29, 0.717) is 40.6 Å². The first-order valence-electron chi connectivity index (χ1n) is 9.30. The van der Waals surface area contributed by atoms with Crippen LogP contribution in [0.25, 0.3) is 0 Å². The summed E-state index contributed by atoms with van der Waals surface area (Å²) in [5.41, 5.74) is 0.437. The first-order valence-corrected chi connectivity index (χ1v) is 10.1. The molecule has 2 aromatic rings. The third kappa shape index (κ3) is 4.41. The molecule has 1 aliphatic heterocycles. The number of ketones is 1. The Balaban J connectivity index is 1.39. The van der Waals surface area contributed by atoms with Gasteiger partial charge in [-0.05, 0) is 49.2 Å². The van der Waals surface area contributed by atoms with Crippen LogP contribution < -0.4 is 4.74 Å². The summed E-state index contributed by atoms with van der Waals surface area (Å²) < 4.78 is 17.0. The molecule has 0 amide bonds. The van der Waals surface area contributed by atoms with Crippen LogP contribution in [-0.2, 0) is 14.3 Å². The van der Waals surface area contributed by atoms with E-state index in [1.165, 1.54) is 6.26 Å². The minimum Gasteiger partial charge on any atom is -0.493 e. The van der Waals surface area contributed by atoms with E-state index in [-0.39, 0.29) is 29.7 Å². The number of Topliss-reactive ketones (excluding diaryl/α,β-unsaturated/α-hetero) is 1. The number of benzene rings is 2. The molecule has 2 aliphatic rings. The molecule has 5 nitrogen and oxygen atoms in total. The molecule has 1 saturated carbocycles. The molecule has 2 aromatic carbocycles. The molecular formula is C22H18Cl2O5. The Bertz CT molecular complexity index is 954. The summed E-state index contributed by atoms with van der Waals surface area (Å²) in [7, 11) is 0. The lowest BCUT2D eigenvalue weighted by atomic mass is 9.80. The van der Waals surface area contributed by atoms with E-state index < -0.39 is 5.97 Å². The van der Waals surface area contributed by atoms with Crippen molar-refractivity contribution >= 4 is 35.0 Å². The van der Waals surface area contributed by atoms with Crippen LogP contribution in [0.1, 0.15) is 29.6 Å². The van der Waals surface area contributed by atoms with Gasteiger partial charge in [-0.15, -0.1) is 0 Å². The van der Waals surface area contributed by atoms with Crippen molar-refractivity contribution in [2.45, 2.75) is 31.5 Å². The number of fused-ring (bicyclic) bond motifs is 1. The average molecular weight is 433 g/mol. The van der Waals surface area contributed by atoms with Crippen molar-refractivity contribution in [3.63, 3.8) is 0 Å². The number of hydrogen-bond donors (Lipinski definition) is 0. The summed E-state index contributed by atoms with van der Waals surface area (Å²) in [4.78, 5) is 25.1. The van der Waals surface area contributed by atoms with Crippen molar-refractivity contribution in [2.24, 2.45) is 5.92 Å². The van der Waals surface area contributed by atoms with Crippen LogP contribution in [0.15, 0.2) is 60.6 Å². The molecule has 1 aliphatic carbocycles. The van der Waals surface area contributed by atoms with Gasteiger partial charge in [0.25, 0.3) is 0 Å². The molecule has 1 heterocycles. The largest absolute Gasteiger partial charge is 0.493 e. The van der Waals surface area contributed by atoms with Gasteiger partial charge in [0, 0.05) is 11.4 Å². The lowest BCUT2D eigenvalue weighted by molar-refractivity contribution is -0.132. The van der Waals surface area contributed by atoms with Gasteiger partial charge in [0.05, 0.1) is 16.5 Å². The van der Waals surface area contributed by atoms with E-state index in [0.717, 1.165) is 0 Å². The van der Waals surface area contributed by atoms with E-state index in [4.69, 9.17) is 37.4 Å². The number of esters is 1. The molecule has 3 atom stereocenters. The Labute approximate surface area is 178 Å². The van der Waals surface area contributed by atoms with Gasteiger partial charge in [0.15, 0.2) is 0 Å². The number of carbonyl (C=O) groups excluding carboxylic acids is 2. The van der Waals surface area contributed by atoms with E-state index in [1.807, 2.05) is 0 Å². The number of allylic oxidation sites excluding steroid dienone is 1. The normalized spacial score (nSPS) is 23.4. The van der Waals surface area contributed by atoms with Crippen LogP contribution in [0, 0.1) is 5.92 Å². The summed E-state index contributed by atoms with van der Waals surface area (Å²) in [6.07, 6.45) is 2.24. The number of para-hydroxylation sites is 1. The molecule has 0 aromatic heterocycles. The van der Waals surface area contributed by atoms with Crippen molar-refractivity contribution < 1.29 is 23.8 Å². The van der Waals surface area contributed by atoms with Gasteiger partial charge in [0.1, 0.15) is 24.2 Å². The van der Waals surface area contributed by atoms with Crippen molar-refractivity contribution in [1.29, 1.82) is 0 Å². The third-order valence-corrected chi connectivity index (χ3v) is 5.65. The Morgan fingerprint density at radius 2 is 1.79 bits per heavy atom. The first-order chi connectivity index (χ1) is 14.0. The van der Waals surface area contributed by atoms with Crippen molar-refractivity contribution in [3.8, 4) is 5.75 Å². The Morgan fingerprint density at radius 3 is 2.55 bits per heavy atom. The molecule has 0 bridgehead atoms. The molecular weight excluding hydrogens is 415 g/mol. The van der Waals surface area contributed by atoms with E-state index in [9.17, 15) is 9.59 Å². The standard InChI is InChI=1S/C22H18Cl2O5/c23-14-7-5-13(6-8-14)22(26)28-15-9-10-16-19(11-15)27-12-20(21(16)25)29-18-4-2-1-3-17(18)24/h1-8,12,15-16,19H,9-11H2. The molecule has 0 radical (unpaired) electrons. The zero-order chi connectivity index (χ0) is 20.4. The predicted molar refractivity (Wildman–Crippen MR) is 108 cm³/mol. The Hall–Kier alpha value is -2.50. The fourth-order valence-electron chi connectivity index (χ4n) is 3.57. The molecule has 0 N–H and O–H groups in total. The maximum absolute atomic E-state index is 12.8. The van der Waals surface area contributed by atoms with Crippen LogP contribution in [0.4, 0.5) is 0 Å². The van der Waals surface area contributed by atoms with Crippen LogP contribution in [-0.4, -0.2) is 24.0 Å². The summed E-state index contributed by atoms with van der Waals surface area (Å²) in [5.74, 6) is -0.325. The second kappa shape index (κ2) is 8.47. The average Bonchev–Trinajstić information content (AvgIpc) is 2.72. The molecule has 1 fully saturated rings. The maximum atomic E-state index is 12.8. The van der Waals surface area contributed by atoms with Gasteiger partial charge >= 0.3 is 5.97 Å². The molecule has 0 saturated heterocycles. The van der Waals surface area contributed by atoms with Crippen molar-refractivity contribution in [2.75, 3.05) is 0 Å². The highest BCUT2D eigenvalue weighted by atomic mass is 35.5. The van der Waals surface area contributed by atoms with Crippen LogP contribution in [0.2, 0.25) is 10.0 Å². The van der Waals surface area contributed by atoms with Crippen LogP contribution in [0.3, 0.4) is 0 Å². The van der Waals surface area contributed by atoms with Gasteiger partial charge in [-0.1, -0.05) is 35.3 Å². The fraction of sp³-hybridized carbons (Fsp3) is 0.273. The van der Waals surface area contributed by atoms with Crippen LogP contribution >= 0.6 is 23.2 Å². The minimum atomic E-state index is -0.412. The van der Waals surface area contributed by atoms with Gasteiger partial charge in [-0.2, -0.15) is 0 Å². The number of hydrogen-bond acceptors (Lipinski definition) is 5. The third-order valence-electron chi connectivity index (χ3n) is 5.08. The second-order valence-corrected chi connectivity index (χ2v) is 7.85. The predicted octanol–water partition coefficient (Wildman–Crippen LogP) is 5.21. The van der Waals surface area contributed by atoms with Crippen LogP contribution in [0.5, 0.6) is 5.75 Å².